The van der Waals surface area contributed by atoms with Crippen LogP contribution in [0.25, 0.3) is 0 Å². The van der Waals surface area contributed by atoms with Gasteiger partial charge in [-0.25, -0.2) is 4.99 Å². The van der Waals surface area contributed by atoms with Crippen LogP contribution in [0.5, 0.6) is 0 Å². The Labute approximate surface area is 151 Å². The van der Waals surface area contributed by atoms with Gasteiger partial charge in [0.1, 0.15) is 5.92 Å². The van der Waals surface area contributed by atoms with Gasteiger partial charge in [-0.05, 0) is 36.5 Å². The number of fused-ring (bicyclic) bond motifs is 1. The number of nitrogens with one attached hydrogen (secondary N) is 1. The number of hydrogen-bond donors (Lipinski definition) is 1. The molecule has 3 rings (SSSR count). The maximum atomic E-state index is 12.5. The third kappa shape index (κ3) is 3.56. The fourth-order valence-corrected chi connectivity index (χ4v) is 3.33. The van der Waals surface area contributed by atoms with Crippen LogP contribution in [0.15, 0.2) is 34.8 Å². The van der Waals surface area contributed by atoms with E-state index < -0.39 is 17.7 Å². The molecule has 1 fully saturated rings. The van der Waals surface area contributed by atoms with E-state index in [1.807, 2.05) is 20.8 Å². The predicted octanol–water partition coefficient (Wildman–Crippen LogP) is 3.50. The molecule has 5 nitrogen and oxygen atoms in total. The average Bonchev–Trinajstić information content (AvgIpc) is 2.49. The minimum Gasteiger partial charge on any atom is -0.325 e. The van der Waals surface area contributed by atoms with E-state index in [4.69, 9.17) is 11.6 Å². The third-order valence-electron chi connectivity index (χ3n) is 4.48. The summed E-state index contributed by atoms with van der Waals surface area (Å²) in [5.41, 5.74) is 2.04. The van der Waals surface area contributed by atoms with Crippen molar-refractivity contribution in [2.45, 2.75) is 33.6 Å². The molecular weight excluding hydrogens is 340 g/mol. The molecule has 0 spiro atoms. The number of hydrogen-bond acceptors (Lipinski definition) is 3. The van der Waals surface area contributed by atoms with Crippen molar-refractivity contribution in [2.24, 2.45) is 16.3 Å². The van der Waals surface area contributed by atoms with Gasteiger partial charge < -0.3 is 5.32 Å². The van der Waals surface area contributed by atoms with Gasteiger partial charge in [-0.3, -0.25) is 14.4 Å². The molecule has 1 aliphatic carbocycles. The molecule has 2 aliphatic rings. The van der Waals surface area contributed by atoms with E-state index in [2.05, 4.69) is 10.3 Å². The van der Waals surface area contributed by atoms with E-state index in [1.54, 1.807) is 18.2 Å². The lowest BCUT2D eigenvalue weighted by Gasteiger charge is -2.32. The maximum absolute atomic E-state index is 12.5. The van der Waals surface area contributed by atoms with Crippen LogP contribution in [-0.4, -0.2) is 23.3 Å². The number of nitrogens with zero attached hydrogens (tertiary/aromatic N) is 1. The molecule has 0 radical (unpaired) electrons. The second-order valence-electron chi connectivity index (χ2n) is 7.34. The van der Waals surface area contributed by atoms with Crippen LogP contribution in [0, 0.1) is 18.3 Å². The number of dihydropyridines is 1. The number of amides is 2. The van der Waals surface area contributed by atoms with E-state index in [9.17, 15) is 14.4 Å². The highest BCUT2D eigenvalue weighted by Gasteiger charge is 2.39. The Morgan fingerprint density at radius 2 is 2.00 bits per heavy atom. The van der Waals surface area contributed by atoms with Crippen molar-refractivity contribution in [3.63, 3.8) is 0 Å². The standard InChI is InChI=1S/C19H19ClN2O3/c1-10-4-5-11(20)6-14(10)21-17(24)13-7-12-15(22-18(13)25)8-19(2,3)9-16(12)23/h4-7,13H,8-9H2,1-3H3,(H,21,24). The number of ketones is 1. The molecule has 0 bridgehead atoms. The van der Waals surface area contributed by atoms with E-state index in [1.165, 1.54) is 6.08 Å². The van der Waals surface area contributed by atoms with Crippen LogP contribution in [0.2, 0.25) is 5.02 Å². The largest absolute Gasteiger partial charge is 0.325 e. The molecule has 1 aliphatic heterocycles. The van der Waals surface area contributed by atoms with E-state index in [0.717, 1.165) is 5.56 Å². The summed E-state index contributed by atoms with van der Waals surface area (Å²) in [4.78, 5) is 41.3. The summed E-state index contributed by atoms with van der Waals surface area (Å²) in [6, 6.07) is 5.12. The molecule has 1 atom stereocenters. The van der Waals surface area contributed by atoms with Crippen LogP contribution in [0.4, 0.5) is 5.69 Å². The van der Waals surface area contributed by atoms with Gasteiger partial charge in [0, 0.05) is 22.7 Å². The molecule has 0 saturated heterocycles. The van der Waals surface area contributed by atoms with Gasteiger partial charge in [0.25, 0.3) is 5.91 Å². The monoisotopic (exact) mass is 358 g/mol. The summed E-state index contributed by atoms with van der Waals surface area (Å²) >= 11 is 5.96. The molecule has 1 unspecified atom stereocenters. The number of halogens is 1. The summed E-state index contributed by atoms with van der Waals surface area (Å²) in [6.07, 6.45) is 2.39. The number of aryl methyl sites for hydroxylation is 1. The topological polar surface area (TPSA) is 75.6 Å². The van der Waals surface area contributed by atoms with Crippen LogP contribution < -0.4 is 5.32 Å². The zero-order valence-corrected chi connectivity index (χ0v) is 15.1. The van der Waals surface area contributed by atoms with Crippen LogP contribution in [-0.2, 0) is 14.4 Å². The smallest absolute Gasteiger partial charge is 0.262 e. The van der Waals surface area contributed by atoms with Crippen LogP contribution in [0.1, 0.15) is 32.3 Å². The highest BCUT2D eigenvalue weighted by atomic mass is 35.5. The summed E-state index contributed by atoms with van der Waals surface area (Å²) in [5, 5.41) is 3.19. The summed E-state index contributed by atoms with van der Waals surface area (Å²) in [6.45, 7) is 5.76. The zero-order chi connectivity index (χ0) is 18.4. The number of Topliss-reactive ketones (excluding diaryl/α,β-unsaturated/α-hetero) is 1. The predicted molar refractivity (Wildman–Crippen MR) is 96.9 cm³/mol. The number of aliphatic imine (C=N–C) groups is 1. The summed E-state index contributed by atoms with van der Waals surface area (Å²) in [7, 11) is 0. The summed E-state index contributed by atoms with van der Waals surface area (Å²) < 4.78 is 0. The first-order valence-electron chi connectivity index (χ1n) is 8.10. The molecule has 2 amide bonds. The number of allylic oxidation sites excluding steroid dienone is 1. The second kappa shape index (κ2) is 6.23. The maximum Gasteiger partial charge on any atom is 0.262 e. The Balaban J connectivity index is 1.86. The first-order valence-corrected chi connectivity index (χ1v) is 8.48. The lowest BCUT2D eigenvalue weighted by atomic mass is 9.72. The van der Waals surface area contributed by atoms with Gasteiger partial charge in [-0.1, -0.05) is 37.6 Å². The number of benzene rings is 1. The molecular formula is C19H19ClN2O3. The Morgan fingerprint density at radius 1 is 1.28 bits per heavy atom. The Bertz CT molecular complexity index is 852. The first kappa shape index (κ1) is 17.5. The Kier molecular flexibility index (Phi) is 4.37. The molecule has 1 N–H and O–H groups in total. The highest BCUT2D eigenvalue weighted by Crippen LogP contribution is 2.36. The van der Waals surface area contributed by atoms with Gasteiger partial charge in [0.05, 0.1) is 5.71 Å². The highest BCUT2D eigenvalue weighted by molar-refractivity contribution is 6.31. The Hall–Kier alpha value is -2.27. The second-order valence-corrected chi connectivity index (χ2v) is 7.78. The first-order chi connectivity index (χ1) is 11.7. The molecule has 0 aromatic heterocycles. The van der Waals surface area contributed by atoms with Crippen molar-refractivity contribution in [3.8, 4) is 0 Å². The lowest BCUT2D eigenvalue weighted by Crippen LogP contribution is -2.38. The van der Waals surface area contributed by atoms with Crippen LogP contribution >= 0.6 is 11.6 Å². The number of carbonyl (C=O) groups excluding carboxylic acids is 3. The molecule has 1 aromatic carbocycles. The Morgan fingerprint density at radius 3 is 2.72 bits per heavy atom. The fourth-order valence-electron chi connectivity index (χ4n) is 3.16. The molecule has 1 aromatic rings. The van der Waals surface area contributed by atoms with E-state index in [0.29, 0.717) is 34.8 Å². The third-order valence-corrected chi connectivity index (χ3v) is 4.72. The quantitative estimate of drug-likeness (QED) is 0.822. The molecule has 1 heterocycles. The van der Waals surface area contributed by atoms with Gasteiger partial charge in [-0.15, -0.1) is 0 Å². The van der Waals surface area contributed by atoms with Crippen LogP contribution in [0.3, 0.4) is 0 Å². The summed E-state index contributed by atoms with van der Waals surface area (Å²) in [5.74, 6) is -2.22. The minimum absolute atomic E-state index is 0.0702. The zero-order valence-electron chi connectivity index (χ0n) is 14.4. The van der Waals surface area contributed by atoms with Gasteiger partial charge in [0.15, 0.2) is 5.78 Å². The van der Waals surface area contributed by atoms with Crippen molar-refractivity contribution < 1.29 is 14.4 Å². The van der Waals surface area contributed by atoms with E-state index >= 15 is 0 Å². The fraction of sp³-hybridized carbons (Fsp3) is 0.368. The molecule has 1 saturated carbocycles. The van der Waals surface area contributed by atoms with Crippen molar-refractivity contribution in [1.82, 2.24) is 0 Å². The van der Waals surface area contributed by atoms with Crippen molar-refractivity contribution >= 4 is 40.6 Å². The SMILES string of the molecule is Cc1ccc(Cl)cc1NC(=O)C1C=C2C(=O)CC(C)(C)CC2=NC1=O. The van der Waals surface area contributed by atoms with Crippen molar-refractivity contribution in [1.29, 1.82) is 0 Å². The van der Waals surface area contributed by atoms with Crippen molar-refractivity contribution in [3.05, 3.63) is 40.4 Å². The average molecular weight is 359 g/mol. The minimum atomic E-state index is -1.10. The molecule has 130 valence electrons. The number of rotatable bonds is 2. The molecule has 25 heavy (non-hydrogen) atoms. The van der Waals surface area contributed by atoms with Gasteiger partial charge in [0.2, 0.25) is 5.91 Å². The number of anilines is 1. The van der Waals surface area contributed by atoms with Gasteiger partial charge in [-0.2, -0.15) is 0 Å². The normalized spacial score (nSPS) is 22.0. The molecule has 6 heteroatoms. The van der Waals surface area contributed by atoms with Crippen molar-refractivity contribution in [2.75, 3.05) is 5.32 Å². The van der Waals surface area contributed by atoms with E-state index in [-0.39, 0.29) is 11.2 Å². The van der Waals surface area contributed by atoms with Gasteiger partial charge >= 0.3 is 0 Å². The lowest BCUT2D eigenvalue weighted by molar-refractivity contribution is -0.128. The number of carbonyl (C=O) groups is 3.